The highest BCUT2D eigenvalue weighted by Gasteiger charge is 2.24. The van der Waals surface area contributed by atoms with Gasteiger partial charge in [0.25, 0.3) is 5.56 Å². The fourth-order valence-electron chi connectivity index (χ4n) is 4.15. The average Bonchev–Trinajstić information content (AvgIpc) is 2.93. The first kappa shape index (κ1) is 26.7. The molecule has 0 fully saturated rings. The molecule has 12 heteroatoms. The number of aromatic nitrogens is 2. The van der Waals surface area contributed by atoms with Gasteiger partial charge >= 0.3 is 0 Å². The summed E-state index contributed by atoms with van der Waals surface area (Å²) in [5.41, 5.74) is 1.20. The zero-order chi connectivity index (χ0) is 27.4. The number of fused-ring (bicyclic) bond motifs is 2. The minimum absolute atomic E-state index is 0.0371. The van der Waals surface area contributed by atoms with Crippen molar-refractivity contribution in [1.82, 2.24) is 14.9 Å². The highest BCUT2D eigenvalue weighted by molar-refractivity contribution is 7.99. The monoisotopic (exact) mass is 566 g/mol. The van der Waals surface area contributed by atoms with E-state index in [4.69, 9.17) is 14.6 Å². The molecule has 1 amide bonds. The molecule has 1 aliphatic heterocycles. The number of thioether (sulfide) groups is 1. The fraction of sp³-hybridized carbons (Fsp3) is 0.222. The van der Waals surface area contributed by atoms with E-state index in [1.807, 2.05) is 30.3 Å². The van der Waals surface area contributed by atoms with E-state index >= 15 is 0 Å². The first-order valence-electron chi connectivity index (χ1n) is 12.2. The number of nitrogens with two attached hydrogens (primary N) is 1. The quantitative estimate of drug-likeness (QED) is 0.232. The SMILES string of the molecule is NS(=O)(=O)c1ccc(CCNC(=O)CSc2nc3ccccc3c(=O)n2C[C@H]2COc3ccccc3O2)cc1. The zero-order valence-corrected chi connectivity index (χ0v) is 22.4. The van der Waals surface area contributed by atoms with E-state index < -0.39 is 16.1 Å². The largest absolute Gasteiger partial charge is 0.486 e. The molecule has 1 aromatic heterocycles. The number of nitrogens with one attached hydrogen (secondary N) is 1. The normalized spacial score (nSPS) is 14.7. The van der Waals surface area contributed by atoms with E-state index in [0.717, 1.165) is 5.56 Å². The predicted octanol–water partition coefficient (Wildman–Crippen LogP) is 2.33. The summed E-state index contributed by atoms with van der Waals surface area (Å²) in [6.45, 7) is 0.848. The average molecular weight is 567 g/mol. The summed E-state index contributed by atoms with van der Waals surface area (Å²) < 4.78 is 36.2. The minimum atomic E-state index is -3.75. The van der Waals surface area contributed by atoms with Gasteiger partial charge < -0.3 is 14.8 Å². The molecule has 202 valence electrons. The first-order valence-corrected chi connectivity index (χ1v) is 14.7. The second kappa shape index (κ2) is 11.5. The van der Waals surface area contributed by atoms with E-state index in [9.17, 15) is 18.0 Å². The van der Waals surface area contributed by atoms with Crippen LogP contribution in [0.25, 0.3) is 10.9 Å². The molecule has 1 aliphatic rings. The van der Waals surface area contributed by atoms with Gasteiger partial charge in [-0.15, -0.1) is 0 Å². The molecule has 4 aromatic rings. The Labute approximate surface area is 229 Å². The van der Waals surface area contributed by atoms with Crippen molar-refractivity contribution in [2.24, 2.45) is 5.14 Å². The van der Waals surface area contributed by atoms with Gasteiger partial charge in [0.2, 0.25) is 15.9 Å². The number of hydrogen-bond donors (Lipinski definition) is 2. The van der Waals surface area contributed by atoms with Crippen LogP contribution in [-0.4, -0.2) is 48.9 Å². The molecule has 0 bridgehead atoms. The number of rotatable bonds is 9. The molecule has 39 heavy (non-hydrogen) atoms. The van der Waals surface area contributed by atoms with E-state index in [2.05, 4.69) is 10.3 Å². The van der Waals surface area contributed by atoms with Crippen molar-refractivity contribution >= 4 is 38.6 Å². The standard InChI is InChI=1S/C27H26N4O6S2/c28-39(34,35)20-11-9-18(10-12-20)13-14-29-25(32)17-38-27-30-22-6-2-1-5-21(22)26(33)31(27)15-19-16-36-23-7-3-4-8-24(23)37-19/h1-12,19H,13-17H2,(H,29,32)(H2,28,34,35)/t19-/m0/s1. The lowest BCUT2D eigenvalue weighted by molar-refractivity contribution is -0.118. The van der Waals surface area contributed by atoms with E-state index in [1.54, 1.807) is 30.3 Å². The van der Waals surface area contributed by atoms with Crippen molar-refractivity contribution in [3.8, 4) is 11.5 Å². The first-order chi connectivity index (χ1) is 18.8. The van der Waals surface area contributed by atoms with Crippen LogP contribution in [0.5, 0.6) is 11.5 Å². The maximum atomic E-state index is 13.4. The van der Waals surface area contributed by atoms with Crippen LogP contribution in [0.4, 0.5) is 0 Å². The second-order valence-corrected chi connectivity index (χ2v) is 11.4. The molecular formula is C27H26N4O6S2. The number of amides is 1. The summed E-state index contributed by atoms with van der Waals surface area (Å²) in [6, 6.07) is 20.7. The van der Waals surface area contributed by atoms with Crippen LogP contribution in [0.2, 0.25) is 0 Å². The summed E-state index contributed by atoms with van der Waals surface area (Å²) in [4.78, 5) is 30.7. The molecule has 5 rings (SSSR count). The molecule has 0 unspecified atom stereocenters. The van der Waals surface area contributed by atoms with E-state index in [-0.39, 0.29) is 35.3 Å². The Morgan fingerprint density at radius 3 is 2.54 bits per heavy atom. The Bertz CT molecular complexity index is 1670. The van der Waals surface area contributed by atoms with Gasteiger partial charge in [0.15, 0.2) is 22.8 Å². The maximum absolute atomic E-state index is 13.4. The van der Waals surface area contributed by atoms with Crippen molar-refractivity contribution < 1.29 is 22.7 Å². The Morgan fingerprint density at radius 1 is 1.05 bits per heavy atom. The van der Waals surface area contributed by atoms with E-state index in [1.165, 1.54) is 28.5 Å². The number of hydrogen-bond acceptors (Lipinski definition) is 8. The summed E-state index contributed by atoms with van der Waals surface area (Å²) in [5.74, 6) is 1.11. The Balaban J connectivity index is 1.25. The summed E-state index contributed by atoms with van der Waals surface area (Å²) >= 11 is 1.17. The number of benzene rings is 3. The van der Waals surface area contributed by atoms with Gasteiger partial charge in [0, 0.05) is 6.54 Å². The van der Waals surface area contributed by atoms with Crippen molar-refractivity contribution in [2.45, 2.75) is 29.1 Å². The van der Waals surface area contributed by atoms with Gasteiger partial charge in [-0.2, -0.15) is 0 Å². The smallest absolute Gasteiger partial charge is 0.262 e. The third-order valence-electron chi connectivity index (χ3n) is 6.10. The molecule has 0 saturated heterocycles. The number of primary sulfonamides is 1. The van der Waals surface area contributed by atoms with Crippen LogP contribution in [-0.2, 0) is 27.8 Å². The number of sulfonamides is 1. The maximum Gasteiger partial charge on any atom is 0.262 e. The van der Waals surface area contributed by atoms with Crippen molar-refractivity contribution in [3.05, 3.63) is 88.7 Å². The number of carbonyl (C=O) groups excluding carboxylic acids is 1. The molecule has 3 aromatic carbocycles. The lowest BCUT2D eigenvalue weighted by atomic mass is 10.1. The zero-order valence-electron chi connectivity index (χ0n) is 20.8. The van der Waals surface area contributed by atoms with Crippen molar-refractivity contribution in [3.63, 3.8) is 0 Å². The van der Waals surface area contributed by atoms with Gasteiger partial charge in [0.1, 0.15) is 6.61 Å². The van der Waals surface area contributed by atoms with Crippen LogP contribution in [0.15, 0.2) is 87.6 Å². The van der Waals surface area contributed by atoms with Crippen LogP contribution in [0.1, 0.15) is 5.56 Å². The Kier molecular flexibility index (Phi) is 7.87. The molecule has 3 N–H and O–H groups in total. The number of carbonyl (C=O) groups is 1. The molecule has 0 radical (unpaired) electrons. The fourth-order valence-corrected chi connectivity index (χ4v) is 5.50. The van der Waals surface area contributed by atoms with Crippen LogP contribution in [0, 0.1) is 0 Å². The predicted molar refractivity (Wildman–Crippen MR) is 148 cm³/mol. The van der Waals surface area contributed by atoms with Crippen molar-refractivity contribution in [1.29, 1.82) is 0 Å². The highest BCUT2D eigenvalue weighted by atomic mass is 32.2. The lowest BCUT2D eigenvalue weighted by Crippen LogP contribution is -2.37. The topological polar surface area (TPSA) is 143 Å². The molecular weight excluding hydrogens is 540 g/mol. The molecule has 0 aliphatic carbocycles. The highest BCUT2D eigenvalue weighted by Crippen LogP contribution is 2.31. The number of nitrogens with zero attached hydrogens (tertiary/aromatic N) is 2. The molecule has 0 saturated carbocycles. The summed E-state index contributed by atoms with van der Waals surface area (Å²) in [5, 5.41) is 8.87. The van der Waals surface area contributed by atoms with Gasteiger partial charge in [-0.05, 0) is 48.4 Å². The molecule has 0 spiro atoms. The number of ether oxygens (including phenoxy) is 2. The van der Waals surface area contributed by atoms with Crippen LogP contribution >= 0.6 is 11.8 Å². The van der Waals surface area contributed by atoms with Crippen LogP contribution < -0.4 is 25.5 Å². The van der Waals surface area contributed by atoms with Gasteiger partial charge in [-0.1, -0.05) is 48.2 Å². The van der Waals surface area contributed by atoms with Gasteiger partial charge in [-0.25, -0.2) is 18.5 Å². The third kappa shape index (κ3) is 6.41. The van der Waals surface area contributed by atoms with Gasteiger partial charge in [-0.3, -0.25) is 14.2 Å². The van der Waals surface area contributed by atoms with E-state index in [0.29, 0.717) is 40.5 Å². The Morgan fingerprint density at radius 2 is 1.77 bits per heavy atom. The lowest BCUT2D eigenvalue weighted by Gasteiger charge is -2.27. The van der Waals surface area contributed by atoms with Crippen molar-refractivity contribution in [2.75, 3.05) is 18.9 Å². The summed E-state index contributed by atoms with van der Waals surface area (Å²) in [7, 11) is -3.75. The third-order valence-corrected chi connectivity index (χ3v) is 8.01. The second-order valence-electron chi connectivity index (χ2n) is 8.90. The minimum Gasteiger partial charge on any atom is -0.486 e. The molecule has 10 nitrogen and oxygen atoms in total. The Hall–Kier alpha value is -3.87. The summed E-state index contributed by atoms with van der Waals surface area (Å²) in [6.07, 6.45) is 0.107. The molecule has 1 atom stereocenters. The number of para-hydroxylation sites is 3. The van der Waals surface area contributed by atoms with Crippen LogP contribution in [0.3, 0.4) is 0 Å². The molecule has 2 heterocycles. The van der Waals surface area contributed by atoms with Gasteiger partial charge in [0.05, 0.1) is 28.1 Å².